The Labute approximate surface area is 78.7 Å². The van der Waals surface area contributed by atoms with E-state index in [9.17, 15) is 10.2 Å². The fraction of sp³-hybridized carbons (Fsp3) is 0.250. The number of hydrogen-bond acceptors (Lipinski definition) is 3. The maximum atomic E-state index is 9.42. The van der Waals surface area contributed by atoms with E-state index in [-0.39, 0.29) is 11.5 Å². The fourth-order valence-electron chi connectivity index (χ4n) is 0.949. The van der Waals surface area contributed by atoms with E-state index < -0.39 is 0 Å². The molecule has 12 heavy (non-hydrogen) atoms. The highest BCUT2D eigenvalue weighted by molar-refractivity contribution is 9.10. The van der Waals surface area contributed by atoms with Crippen LogP contribution in [-0.2, 0) is 0 Å². The van der Waals surface area contributed by atoms with Gasteiger partial charge in [0, 0.05) is 5.56 Å². The van der Waals surface area contributed by atoms with Crippen molar-refractivity contribution < 1.29 is 14.9 Å². The summed E-state index contributed by atoms with van der Waals surface area (Å²) in [5.41, 5.74) is 0.526. The van der Waals surface area contributed by atoms with Gasteiger partial charge in [-0.05, 0) is 28.9 Å². The second-order valence-corrected chi connectivity index (χ2v) is 3.24. The molecule has 3 nitrogen and oxygen atoms in total. The molecule has 0 aliphatic carbocycles. The summed E-state index contributed by atoms with van der Waals surface area (Å²) in [7, 11) is 1.44. The van der Waals surface area contributed by atoms with Crippen molar-refractivity contribution in [2.75, 3.05) is 7.11 Å². The normalized spacial score (nSPS) is 9.92. The molecule has 0 aromatic heterocycles. The third-order valence-corrected chi connectivity index (χ3v) is 2.24. The number of phenols is 2. The van der Waals surface area contributed by atoms with Crippen LogP contribution >= 0.6 is 15.9 Å². The van der Waals surface area contributed by atoms with Crippen LogP contribution in [0.2, 0.25) is 0 Å². The minimum Gasteiger partial charge on any atom is -0.507 e. The van der Waals surface area contributed by atoms with E-state index in [0.29, 0.717) is 15.8 Å². The summed E-state index contributed by atoms with van der Waals surface area (Å²) in [6, 6.07) is 1.42. The second kappa shape index (κ2) is 3.23. The van der Waals surface area contributed by atoms with Gasteiger partial charge in [-0.3, -0.25) is 0 Å². The van der Waals surface area contributed by atoms with Gasteiger partial charge in [-0.25, -0.2) is 0 Å². The molecular formula is C8H9BrO3. The second-order valence-electron chi connectivity index (χ2n) is 2.38. The Morgan fingerprint density at radius 3 is 2.50 bits per heavy atom. The SMILES string of the molecule is COc1c(C)c(O)cc(Br)c1O. The predicted molar refractivity (Wildman–Crippen MR) is 48.8 cm³/mol. The Hall–Kier alpha value is -0.900. The molecule has 0 heterocycles. The van der Waals surface area contributed by atoms with Crippen molar-refractivity contribution in [1.29, 1.82) is 0 Å². The summed E-state index contributed by atoms with van der Waals surface area (Å²) in [5, 5.41) is 18.7. The fourth-order valence-corrected chi connectivity index (χ4v) is 1.35. The first-order valence-electron chi connectivity index (χ1n) is 3.33. The van der Waals surface area contributed by atoms with Crippen molar-refractivity contribution in [1.82, 2.24) is 0 Å². The summed E-state index contributed by atoms with van der Waals surface area (Å²) in [5.74, 6) is 0.395. The lowest BCUT2D eigenvalue weighted by Crippen LogP contribution is -1.88. The highest BCUT2D eigenvalue weighted by Crippen LogP contribution is 2.41. The molecule has 2 N–H and O–H groups in total. The largest absolute Gasteiger partial charge is 0.507 e. The zero-order valence-corrected chi connectivity index (χ0v) is 8.34. The standard InChI is InChI=1S/C8H9BrO3/c1-4-6(10)3-5(9)7(11)8(4)12-2/h3,10-11H,1-2H3. The zero-order valence-electron chi connectivity index (χ0n) is 6.76. The lowest BCUT2D eigenvalue weighted by Gasteiger charge is -2.09. The third kappa shape index (κ3) is 1.34. The van der Waals surface area contributed by atoms with Gasteiger partial charge in [0.1, 0.15) is 5.75 Å². The first-order valence-corrected chi connectivity index (χ1v) is 4.12. The van der Waals surface area contributed by atoms with E-state index in [0.717, 1.165) is 0 Å². The Morgan fingerprint density at radius 1 is 1.42 bits per heavy atom. The molecule has 0 unspecified atom stereocenters. The number of benzene rings is 1. The van der Waals surface area contributed by atoms with Crippen molar-refractivity contribution >= 4 is 15.9 Å². The molecule has 66 valence electrons. The van der Waals surface area contributed by atoms with E-state index >= 15 is 0 Å². The Kier molecular flexibility index (Phi) is 2.47. The van der Waals surface area contributed by atoms with Gasteiger partial charge >= 0.3 is 0 Å². The first-order chi connectivity index (χ1) is 5.57. The first kappa shape index (κ1) is 9.19. The van der Waals surface area contributed by atoms with Gasteiger partial charge < -0.3 is 14.9 Å². The van der Waals surface area contributed by atoms with E-state index in [1.165, 1.54) is 13.2 Å². The van der Waals surface area contributed by atoms with Crippen LogP contribution in [-0.4, -0.2) is 17.3 Å². The molecule has 0 atom stereocenters. The van der Waals surface area contributed by atoms with Gasteiger partial charge in [0.05, 0.1) is 11.6 Å². The van der Waals surface area contributed by atoms with Crippen LogP contribution in [0.15, 0.2) is 10.5 Å². The van der Waals surface area contributed by atoms with Crippen LogP contribution < -0.4 is 4.74 Å². The van der Waals surface area contributed by atoms with Gasteiger partial charge in [-0.15, -0.1) is 0 Å². The lowest BCUT2D eigenvalue weighted by atomic mass is 10.2. The number of aromatic hydroxyl groups is 2. The number of methoxy groups -OCH3 is 1. The minimum atomic E-state index is 0.00722. The Morgan fingerprint density at radius 2 is 2.00 bits per heavy atom. The van der Waals surface area contributed by atoms with Crippen LogP contribution in [0.3, 0.4) is 0 Å². The van der Waals surface area contributed by atoms with Gasteiger partial charge in [-0.2, -0.15) is 0 Å². The van der Waals surface area contributed by atoms with Crippen LogP contribution in [0.4, 0.5) is 0 Å². The van der Waals surface area contributed by atoms with Gasteiger partial charge in [0.25, 0.3) is 0 Å². The van der Waals surface area contributed by atoms with Crippen molar-refractivity contribution in [2.45, 2.75) is 6.92 Å². The number of rotatable bonds is 1. The molecule has 0 bridgehead atoms. The third-order valence-electron chi connectivity index (χ3n) is 1.63. The summed E-state index contributed by atoms with van der Waals surface area (Å²) in [4.78, 5) is 0. The topological polar surface area (TPSA) is 49.7 Å². The Balaban J connectivity index is 3.42. The summed E-state index contributed by atoms with van der Waals surface area (Å²) >= 11 is 3.08. The highest BCUT2D eigenvalue weighted by atomic mass is 79.9. The minimum absolute atomic E-state index is 0.00722. The molecule has 0 saturated carbocycles. The molecular weight excluding hydrogens is 224 g/mol. The molecule has 1 aromatic carbocycles. The molecule has 0 radical (unpaired) electrons. The molecule has 0 aliphatic heterocycles. The average molecular weight is 233 g/mol. The molecule has 0 saturated heterocycles. The quantitative estimate of drug-likeness (QED) is 0.731. The predicted octanol–water partition coefficient (Wildman–Crippen LogP) is 2.18. The van der Waals surface area contributed by atoms with E-state index in [2.05, 4.69) is 15.9 Å². The number of ether oxygens (including phenoxy) is 1. The summed E-state index contributed by atoms with van der Waals surface area (Å²) in [6.45, 7) is 1.67. The Bertz CT molecular complexity index is 283. The molecule has 0 aliphatic rings. The monoisotopic (exact) mass is 232 g/mol. The van der Waals surface area contributed by atoms with Crippen LogP contribution in [0.25, 0.3) is 0 Å². The van der Waals surface area contributed by atoms with Gasteiger partial charge in [0.15, 0.2) is 11.5 Å². The maximum absolute atomic E-state index is 9.42. The van der Waals surface area contributed by atoms with Crippen LogP contribution in [0, 0.1) is 6.92 Å². The van der Waals surface area contributed by atoms with E-state index in [1.807, 2.05) is 0 Å². The lowest BCUT2D eigenvalue weighted by molar-refractivity contribution is 0.363. The summed E-state index contributed by atoms with van der Waals surface area (Å²) < 4.78 is 5.32. The number of hydrogen-bond donors (Lipinski definition) is 2. The number of halogens is 1. The average Bonchev–Trinajstić information content (AvgIpc) is 2.02. The van der Waals surface area contributed by atoms with Gasteiger partial charge in [-0.1, -0.05) is 0 Å². The zero-order chi connectivity index (χ0) is 9.30. The van der Waals surface area contributed by atoms with Gasteiger partial charge in [0.2, 0.25) is 0 Å². The van der Waals surface area contributed by atoms with Crippen molar-refractivity contribution in [3.05, 3.63) is 16.1 Å². The molecule has 0 spiro atoms. The molecule has 1 rings (SSSR count). The summed E-state index contributed by atoms with van der Waals surface area (Å²) in [6.07, 6.45) is 0. The van der Waals surface area contributed by atoms with E-state index in [1.54, 1.807) is 6.92 Å². The van der Waals surface area contributed by atoms with Crippen LogP contribution in [0.5, 0.6) is 17.2 Å². The van der Waals surface area contributed by atoms with Crippen molar-refractivity contribution in [3.63, 3.8) is 0 Å². The number of phenolic OH excluding ortho intramolecular Hbond substituents is 2. The van der Waals surface area contributed by atoms with Crippen LogP contribution in [0.1, 0.15) is 5.56 Å². The molecule has 0 amide bonds. The highest BCUT2D eigenvalue weighted by Gasteiger charge is 2.12. The van der Waals surface area contributed by atoms with Crippen molar-refractivity contribution in [2.24, 2.45) is 0 Å². The van der Waals surface area contributed by atoms with E-state index in [4.69, 9.17) is 4.74 Å². The molecule has 1 aromatic rings. The maximum Gasteiger partial charge on any atom is 0.172 e. The van der Waals surface area contributed by atoms with Crippen molar-refractivity contribution in [3.8, 4) is 17.2 Å². The molecule has 0 fully saturated rings. The smallest absolute Gasteiger partial charge is 0.172 e. The molecule has 4 heteroatoms.